The zero-order valence-corrected chi connectivity index (χ0v) is 10.2. The first-order valence-electron chi connectivity index (χ1n) is 6.03. The van der Waals surface area contributed by atoms with Crippen LogP contribution in [0.4, 0.5) is 0 Å². The fourth-order valence-corrected chi connectivity index (χ4v) is 1.88. The van der Waals surface area contributed by atoms with Crippen molar-refractivity contribution in [3.8, 4) is 5.75 Å². The molecule has 0 radical (unpaired) electrons. The Morgan fingerprint density at radius 1 is 1.41 bits per heavy atom. The van der Waals surface area contributed by atoms with Crippen LogP contribution in [0.1, 0.15) is 5.56 Å². The van der Waals surface area contributed by atoms with E-state index in [1.807, 2.05) is 12.1 Å². The van der Waals surface area contributed by atoms with Gasteiger partial charge in [-0.25, -0.2) is 0 Å². The molecule has 0 spiro atoms. The second kappa shape index (κ2) is 6.59. The van der Waals surface area contributed by atoms with E-state index in [1.54, 1.807) is 7.11 Å². The molecule has 1 aliphatic heterocycles. The molecule has 1 fully saturated rings. The average Bonchev–Trinajstić information content (AvgIpc) is 2.41. The third-order valence-corrected chi connectivity index (χ3v) is 2.88. The fraction of sp³-hybridized carbons (Fsp3) is 0.538. The summed E-state index contributed by atoms with van der Waals surface area (Å²) >= 11 is 0. The average molecular weight is 236 g/mol. The summed E-state index contributed by atoms with van der Waals surface area (Å²) < 4.78 is 10.5. The van der Waals surface area contributed by atoms with Crippen LogP contribution in [0, 0.1) is 0 Å². The summed E-state index contributed by atoms with van der Waals surface area (Å²) in [5.41, 5.74) is 1.27. The topological polar surface area (TPSA) is 42.5 Å². The minimum absolute atomic E-state index is 0.432. The SMILES string of the molecule is COc1ccc(CNCC2COCCN2)cc1. The van der Waals surface area contributed by atoms with Gasteiger partial charge >= 0.3 is 0 Å². The number of hydrogen-bond donors (Lipinski definition) is 2. The molecule has 0 aliphatic carbocycles. The Morgan fingerprint density at radius 3 is 2.88 bits per heavy atom. The smallest absolute Gasteiger partial charge is 0.118 e. The van der Waals surface area contributed by atoms with Gasteiger partial charge in [-0.2, -0.15) is 0 Å². The first-order chi connectivity index (χ1) is 8.38. The zero-order valence-electron chi connectivity index (χ0n) is 10.2. The molecule has 94 valence electrons. The van der Waals surface area contributed by atoms with Crippen molar-refractivity contribution in [3.63, 3.8) is 0 Å². The summed E-state index contributed by atoms with van der Waals surface area (Å²) in [6, 6.07) is 8.56. The van der Waals surface area contributed by atoms with Gasteiger partial charge in [0.25, 0.3) is 0 Å². The molecule has 4 nitrogen and oxygen atoms in total. The van der Waals surface area contributed by atoms with Gasteiger partial charge in [-0.15, -0.1) is 0 Å². The van der Waals surface area contributed by atoms with E-state index >= 15 is 0 Å². The van der Waals surface area contributed by atoms with Crippen molar-refractivity contribution in [2.75, 3.05) is 33.4 Å². The second-order valence-electron chi connectivity index (χ2n) is 4.20. The molecule has 17 heavy (non-hydrogen) atoms. The maximum atomic E-state index is 5.40. The first kappa shape index (κ1) is 12.4. The van der Waals surface area contributed by atoms with Crippen LogP contribution in [-0.4, -0.2) is 39.5 Å². The highest BCUT2D eigenvalue weighted by Gasteiger charge is 2.11. The highest BCUT2D eigenvalue weighted by Crippen LogP contribution is 2.10. The third-order valence-electron chi connectivity index (χ3n) is 2.88. The molecule has 1 unspecified atom stereocenters. The van der Waals surface area contributed by atoms with E-state index in [4.69, 9.17) is 9.47 Å². The van der Waals surface area contributed by atoms with E-state index in [9.17, 15) is 0 Å². The van der Waals surface area contributed by atoms with Crippen molar-refractivity contribution in [2.45, 2.75) is 12.6 Å². The minimum Gasteiger partial charge on any atom is -0.497 e. The molecule has 1 aromatic carbocycles. The summed E-state index contributed by atoms with van der Waals surface area (Å²) in [5, 5.41) is 6.84. The molecule has 1 aliphatic rings. The standard InChI is InChI=1S/C13H20N2O2/c1-16-13-4-2-11(3-5-13)8-14-9-12-10-17-7-6-15-12/h2-5,12,14-15H,6-10H2,1H3. The van der Waals surface area contributed by atoms with Gasteiger partial charge in [0.15, 0.2) is 0 Å². The fourth-order valence-electron chi connectivity index (χ4n) is 1.88. The van der Waals surface area contributed by atoms with Crippen LogP contribution in [-0.2, 0) is 11.3 Å². The Bertz CT molecular complexity index is 321. The predicted octanol–water partition coefficient (Wildman–Crippen LogP) is 0.773. The molecular formula is C13H20N2O2. The van der Waals surface area contributed by atoms with Gasteiger partial charge in [-0.05, 0) is 17.7 Å². The van der Waals surface area contributed by atoms with E-state index in [0.717, 1.165) is 38.6 Å². The van der Waals surface area contributed by atoms with Gasteiger partial charge in [0.2, 0.25) is 0 Å². The van der Waals surface area contributed by atoms with Crippen LogP contribution in [0.15, 0.2) is 24.3 Å². The van der Waals surface area contributed by atoms with Crippen molar-refractivity contribution < 1.29 is 9.47 Å². The summed E-state index contributed by atoms with van der Waals surface area (Å²) in [4.78, 5) is 0. The van der Waals surface area contributed by atoms with E-state index in [-0.39, 0.29) is 0 Å². The van der Waals surface area contributed by atoms with E-state index < -0.39 is 0 Å². The Balaban J connectivity index is 1.69. The van der Waals surface area contributed by atoms with Crippen molar-refractivity contribution in [1.29, 1.82) is 0 Å². The van der Waals surface area contributed by atoms with Gasteiger partial charge in [0.1, 0.15) is 5.75 Å². The molecule has 0 saturated carbocycles. The molecule has 4 heteroatoms. The van der Waals surface area contributed by atoms with Crippen LogP contribution < -0.4 is 15.4 Å². The van der Waals surface area contributed by atoms with Gasteiger partial charge in [0, 0.05) is 25.7 Å². The van der Waals surface area contributed by atoms with Crippen LogP contribution in [0.5, 0.6) is 5.75 Å². The summed E-state index contributed by atoms with van der Waals surface area (Å²) in [5.74, 6) is 0.899. The third kappa shape index (κ3) is 4.00. The largest absolute Gasteiger partial charge is 0.497 e. The van der Waals surface area contributed by atoms with Crippen molar-refractivity contribution >= 4 is 0 Å². The Hall–Kier alpha value is -1.10. The molecular weight excluding hydrogens is 216 g/mol. The Labute approximate surface area is 102 Å². The highest BCUT2D eigenvalue weighted by atomic mass is 16.5. The second-order valence-corrected chi connectivity index (χ2v) is 4.20. The molecule has 1 aromatic rings. The molecule has 0 bridgehead atoms. The normalized spacial score (nSPS) is 20.2. The van der Waals surface area contributed by atoms with Crippen LogP contribution in [0.3, 0.4) is 0 Å². The number of nitrogens with one attached hydrogen (secondary N) is 2. The molecule has 2 N–H and O–H groups in total. The van der Waals surface area contributed by atoms with Crippen molar-refractivity contribution in [2.24, 2.45) is 0 Å². The van der Waals surface area contributed by atoms with Crippen molar-refractivity contribution in [3.05, 3.63) is 29.8 Å². The molecule has 0 amide bonds. The van der Waals surface area contributed by atoms with E-state index in [1.165, 1.54) is 5.56 Å². The van der Waals surface area contributed by atoms with Crippen LogP contribution >= 0.6 is 0 Å². The maximum Gasteiger partial charge on any atom is 0.118 e. The van der Waals surface area contributed by atoms with Crippen molar-refractivity contribution in [1.82, 2.24) is 10.6 Å². The number of ether oxygens (including phenoxy) is 2. The lowest BCUT2D eigenvalue weighted by Crippen LogP contribution is -2.47. The first-order valence-corrected chi connectivity index (χ1v) is 6.03. The Kier molecular flexibility index (Phi) is 4.79. The van der Waals surface area contributed by atoms with E-state index in [2.05, 4.69) is 22.8 Å². The highest BCUT2D eigenvalue weighted by molar-refractivity contribution is 5.26. The number of hydrogen-bond acceptors (Lipinski definition) is 4. The summed E-state index contributed by atoms with van der Waals surface area (Å²) in [7, 11) is 1.68. The van der Waals surface area contributed by atoms with Gasteiger partial charge in [-0.1, -0.05) is 12.1 Å². The number of morpholine rings is 1. The maximum absolute atomic E-state index is 5.40. The summed E-state index contributed by atoms with van der Waals surface area (Å²) in [6.07, 6.45) is 0. The lowest BCUT2D eigenvalue weighted by atomic mass is 10.2. The van der Waals surface area contributed by atoms with Gasteiger partial charge in [-0.3, -0.25) is 0 Å². The molecule has 0 aromatic heterocycles. The molecule has 1 atom stereocenters. The van der Waals surface area contributed by atoms with E-state index in [0.29, 0.717) is 6.04 Å². The number of benzene rings is 1. The minimum atomic E-state index is 0.432. The quantitative estimate of drug-likeness (QED) is 0.792. The van der Waals surface area contributed by atoms with Crippen LogP contribution in [0.25, 0.3) is 0 Å². The number of methoxy groups -OCH3 is 1. The molecule has 1 heterocycles. The lowest BCUT2D eigenvalue weighted by molar-refractivity contribution is 0.0766. The molecule has 1 saturated heterocycles. The zero-order chi connectivity index (χ0) is 11.9. The molecule has 2 rings (SSSR count). The summed E-state index contributed by atoms with van der Waals surface area (Å²) in [6.45, 7) is 4.40. The van der Waals surface area contributed by atoms with Gasteiger partial charge in [0.05, 0.1) is 20.3 Å². The monoisotopic (exact) mass is 236 g/mol. The lowest BCUT2D eigenvalue weighted by Gasteiger charge is -2.24. The number of rotatable bonds is 5. The van der Waals surface area contributed by atoms with Crippen LogP contribution in [0.2, 0.25) is 0 Å². The predicted molar refractivity (Wildman–Crippen MR) is 67.3 cm³/mol. The van der Waals surface area contributed by atoms with Gasteiger partial charge < -0.3 is 20.1 Å². The Morgan fingerprint density at radius 2 is 2.24 bits per heavy atom.